The Kier molecular flexibility index (Phi) is 13.1. The number of nitrogens with one attached hydrogen (secondary N) is 3. The summed E-state index contributed by atoms with van der Waals surface area (Å²) in [7, 11) is 0. The first-order chi connectivity index (χ1) is 14.2. The predicted octanol–water partition coefficient (Wildman–Crippen LogP) is 0.317. The molecule has 4 amide bonds. The van der Waals surface area contributed by atoms with Crippen LogP contribution >= 0.6 is 34.4 Å². The first kappa shape index (κ1) is 26.8. The van der Waals surface area contributed by atoms with Gasteiger partial charge >= 0.3 is 12.0 Å². The lowest BCUT2D eigenvalue weighted by atomic mass is 10.0. The van der Waals surface area contributed by atoms with Gasteiger partial charge in [0.2, 0.25) is 11.8 Å². The first-order valence-electron chi connectivity index (χ1n) is 10.0. The maximum Gasteiger partial charge on any atom is 0.320 e. The molecular formula is C18H32IN5O5S. The van der Waals surface area contributed by atoms with Gasteiger partial charge in [-0.15, -0.1) is 0 Å². The molecule has 12 heteroatoms. The number of alkyl halides is 1. The Morgan fingerprint density at radius 2 is 1.93 bits per heavy atom. The van der Waals surface area contributed by atoms with Crippen LogP contribution < -0.4 is 27.4 Å². The summed E-state index contributed by atoms with van der Waals surface area (Å²) in [4.78, 5) is 43.2. The number of thioether (sulfide) groups is 1. The molecule has 2 aliphatic heterocycles. The van der Waals surface area contributed by atoms with E-state index in [0.717, 1.165) is 31.4 Å². The maximum absolute atomic E-state index is 11.8. The molecule has 2 rings (SSSR count). The summed E-state index contributed by atoms with van der Waals surface area (Å²) in [6, 6.07) is -0.406. The molecule has 0 aromatic rings. The standard InChI is InChI=1S/C16H28N4O4S.C2H4INO/c17-10(15(22)23)5-3-4-8-18-13(21)7-2-1-6-12-14-11(9-25-12)19-16(24)20-14;3-1-2(4)5/h10-12,14H,1-9,17H2,(H,18,21)(H,22,23)(H2,19,20,24);1H2,(H2,4,5). The molecule has 0 bridgehead atoms. The number of fused-ring (bicyclic) bond motifs is 1. The van der Waals surface area contributed by atoms with Crippen molar-refractivity contribution in [1.29, 1.82) is 0 Å². The second-order valence-corrected chi connectivity index (χ2v) is 9.29. The summed E-state index contributed by atoms with van der Waals surface area (Å²) in [5.74, 6) is -0.246. The highest BCUT2D eigenvalue weighted by atomic mass is 127. The van der Waals surface area contributed by atoms with E-state index in [2.05, 4.69) is 21.7 Å². The third kappa shape index (κ3) is 10.7. The highest BCUT2D eigenvalue weighted by Crippen LogP contribution is 2.33. The lowest BCUT2D eigenvalue weighted by Crippen LogP contribution is -2.36. The summed E-state index contributed by atoms with van der Waals surface area (Å²) in [6.45, 7) is 0.561. The van der Waals surface area contributed by atoms with Crippen LogP contribution in [0.1, 0.15) is 44.9 Å². The molecule has 2 saturated heterocycles. The lowest BCUT2D eigenvalue weighted by molar-refractivity contribution is -0.138. The second kappa shape index (κ2) is 14.7. The van der Waals surface area contributed by atoms with Crippen LogP contribution in [0.5, 0.6) is 0 Å². The molecule has 172 valence electrons. The van der Waals surface area contributed by atoms with E-state index < -0.39 is 12.0 Å². The Balaban J connectivity index is 0.000000804. The summed E-state index contributed by atoms with van der Waals surface area (Å²) in [5.41, 5.74) is 10.1. The summed E-state index contributed by atoms with van der Waals surface area (Å²) >= 11 is 3.79. The fraction of sp³-hybridized carbons (Fsp3) is 0.778. The summed E-state index contributed by atoms with van der Waals surface area (Å²) < 4.78 is 0.414. The Labute approximate surface area is 194 Å². The average molecular weight is 557 g/mol. The minimum atomic E-state index is -0.983. The van der Waals surface area contributed by atoms with Gasteiger partial charge in [0, 0.05) is 24.0 Å². The minimum absolute atomic E-state index is 0.0373. The lowest BCUT2D eigenvalue weighted by Gasteiger charge is -2.16. The number of halogens is 1. The number of carbonyl (C=O) groups is 4. The largest absolute Gasteiger partial charge is 0.480 e. The molecule has 10 nitrogen and oxygen atoms in total. The topological polar surface area (TPSA) is 177 Å². The number of amides is 4. The number of hydrogen-bond acceptors (Lipinski definition) is 6. The second-order valence-electron chi connectivity index (χ2n) is 7.26. The van der Waals surface area contributed by atoms with Gasteiger partial charge in [-0.2, -0.15) is 11.8 Å². The third-order valence-electron chi connectivity index (χ3n) is 4.79. The molecule has 0 aromatic carbocycles. The van der Waals surface area contributed by atoms with Gasteiger partial charge in [-0.25, -0.2) is 4.79 Å². The van der Waals surface area contributed by atoms with Gasteiger partial charge in [0.05, 0.1) is 16.5 Å². The molecule has 0 aliphatic carbocycles. The van der Waals surface area contributed by atoms with E-state index in [9.17, 15) is 19.2 Å². The molecule has 0 spiro atoms. The number of primary amides is 1. The fourth-order valence-electron chi connectivity index (χ4n) is 3.20. The van der Waals surface area contributed by atoms with Gasteiger partial charge in [-0.05, 0) is 32.1 Å². The van der Waals surface area contributed by atoms with E-state index in [1.54, 1.807) is 0 Å². The van der Waals surface area contributed by atoms with Crippen molar-refractivity contribution in [3.8, 4) is 0 Å². The molecule has 4 unspecified atom stereocenters. The van der Waals surface area contributed by atoms with Gasteiger partial charge in [-0.3, -0.25) is 14.4 Å². The first-order valence-corrected chi connectivity index (χ1v) is 12.6. The van der Waals surface area contributed by atoms with Crippen LogP contribution in [0.4, 0.5) is 4.79 Å². The quantitative estimate of drug-likeness (QED) is 0.0866. The van der Waals surface area contributed by atoms with Crippen molar-refractivity contribution in [2.75, 3.05) is 16.7 Å². The van der Waals surface area contributed by atoms with Crippen molar-refractivity contribution in [1.82, 2.24) is 16.0 Å². The van der Waals surface area contributed by atoms with E-state index in [-0.39, 0.29) is 29.9 Å². The highest BCUT2D eigenvalue weighted by Gasteiger charge is 2.42. The summed E-state index contributed by atoms with van der Waals surface area (Å²) in [6.07, 6.45) is 5.18. The van der Waals surface area contributed by atoms with Gasteiger partial charge in [0.25, 0.3) is 0 Å². The number of carboxylic acids is 1. The average Bonchev–Trinajstić information content (AvgIpc) is 3.24. The number of unbranched alkanes of at least 4 members (excludes halogenated alkanes) is 2. The zero-order valence-corrected chi connectivity index (χ0v) is 19.9. The predicted molar refractivity (Wildman–Crippen MR) is 125 cm³/mol. The number of rotatable bonds is 12. The van der Waals surface area contributed by atoms with Crippen molar-refractivity contribution in [2.24, 2.45) is 11.5 Å². The van der Waals surface area contributed by atoms with Crippen molar-refractivity contribution in [3.05, 3.63) is 0 Å². The van der Waals surface area contributed by atoms with Crippen LogP contribution in [0.25, 0.3) is 0 Å². The van der Waals surface area contributed by atoms with Gasteiger partial charge < -0.3 is 32.5 Å². The van der Waals surface area contributed by atoms with E-state index in [1.807, 2.05) is 34.4 Å². The molecule has 30 heavy (non-hydrogen) atoms. The van der Waals surface area contributed by atoms with Crippen LogP contribution in [-0.2, 0) is 14.4 Å². The Bertz CT molecular complexity index is 597. The SMILES string of the molecule is NC(=O)CI.NC(CCCCNC(=O)CCCCC1SCC2NC(=O)NC21)C(=O)O. The molecule has 2 heterocycles. The highest BCUT2D eigenvalue weighted by molar-refractivity contribution is 14.1. The number of carbonyl (C=O) groups excluding carboxylic acids is 3. The van der Waals surface area contributed by atoms with Crippen molar-refractivity contribution in [2.45, 2.75) is 68.3 Å². The molecule has 0 saturated carbocycles. The monoisotopic (exact) mass is 557 g/mol. The van der Waals surface area contributed by atoms with E-state index in [1.165, 1.54) is 0 Å². The zero-order valence-electron chi connectivity index (χ0n) is 16.9. The Morgan fingerprint density at radius 3 is 2.57 bits per heavy atom. The van der Waals surface area contributed by atoms with Crippen LogP contribution in [0.3, 0.4) is 0 Å². The molecule has 0 radical (unpaired) electrons. The minimum Gasteiger partial charge on any atom is -0.480 e. The summed E-state index contributed by atoms with van der Waals surface area (Å²) in [5, 5.41) is 17.9. The van der Waals surface area contributed by atoms with Crippen molar-refractivity contribution >= 4 is 58.2 Å². The smallest absolute Gasteiger partial charge is 0.320 e. The Morgan fingerprint density at radius 1 is 1.23 bits per heavy atom. The number of nitrogens with two attached hydrogens (primary N) is 2. The molecule has 8 N–H and O–H groups in total. The van der Waals surface area contributed by atoms with Crippen molar-refractivity contribution in [3.63, 3.8) is 0 Å². The van der Waals surface area contributed by atoms with E-state index in [4.69, 9.17) is 10.8 Å². The van der Waals surface area contributed by atoms with E-state index in [0.29, 0.717) is 35.5 Å². The maximum atomic E-state index is 11.8. The molecular weight excluding hydrogens is 525 g/mol. The van der Waals surface area contributed by atoms with Crippen molar-refractivity contribution < 1.29 is 24.3 Å². The zero-order chi connectivity index (χ0) is 22.5. The molecule has 2 aliphatic rings. The van der Waals surface area contributed by atoms with Crippen LogP contribution in [0, 0.1) is 0 Å². The fourth-order valence-corrected chi connectivity index (χ4v) is 4.75. The van der Waals surface area contributed by atoms with E-state index >= 15 is 0 Å². The van der Waals surface area contributed by atoms with Crippen LogP contribution in [0.2, 0.25) is 0 Å². The number of carboxylic acid groups (broad SMARTS) is 1. The number of urea groups is 1. The van der Waals surface area contributed by atoms with Crippen LogP contribution in [0.15, 0.2) is 0 Å². The molecule has 2 fully saturated rings. The molecule has 4 atom stereocenters. The third-order valence-corrected chi connectivity index (χ3v) is 7.05. The van der Waals surface area contributed by atoms with Gasteiger partial charge in [0.15, 0.2) is 0 Å². The number of aliphatic carboxylic acids is 1. The normalized spacial score (nSPS) is 22.7. The number of hydrogen-bond donors (Lipinski definition) is 6. The molecule has 0 aromatic heterocycles. The van der Waals surface area contributed by atoms with Gasteiger partial charge in [0.1, 0.15) is 6.04 Å². The van der Waals surface area contributed by atoms with Crippen LogP contribution in [-0.4, -0.2) is 69.0 Å². The van der Waals surface area contributed by atoms with Gasteiger partial charge in [-0.1, -0.05) is 29.0 Å². The Hall–Kier alpha value is -1.28.